The van der Waals surface area contributed by atoms with Crippen LogP contribution in [0.25, 0.3) is 0 Å². The third kappa shape index (κ3) is 3.13. The summed E-state index contributed by atoms with van der Waals surface area (Å²) in [5.41, 5.74) is 1.60. The lowest BCUT2D eigenvalue weighted by Gasteiger charge is -2.34. The molecule has 0 spiro atoms. The van der Waals surface area contributed by atoms with Crippen LogP contribution in [0.4, 0.5) is 9.93 Å². The summed E-state index contributed by atoms with van der Waals surface area (Å²) in [7, 11) is 1.66. The summed E-state index contributed by atoms with van der Waals surface area (Å²) >= 11 is 1.32. The van der Waals surface area contributed by atoms with Crippen molar-refractivity contribution in [3.05, 3.63) is 5.51 Å². The van der Waals surface area contributed by atoms with Crippen molar-refractivity contribution < 1.29 is 9.53 Å². The molecule has 0 saturated carbocycles. The van der Waals surface area contributed by atoms with Crippen molar-refractivity contribution in [2.24, 2.45) is 0 Å². The highest BCUT2D eigenvalue weighted by molar-refractivity contribution is 7.13. The van der Waals surface area contributed by atoms with E-state index in [-0.39, 0.29) is 12.1 Å². The number of urea groups is 1. The summed E-state index contributed by atoms with van der Waals surface area (Å²) in [6, 6.07) is 0.0603. The smallest absolute Gasteiger partial charge is 0.324 e. The fraction of sp³-hybridized carbons (Fsp3) is 0.700. The Bertz CT molecular complexity index is 355. The third-order valence-corrected chi connectivity index (χ3v) is 3.43. The third-order valence-electron chi connectivity index (χ3n) is 2.82. The van der Waals surface area contributed by atoms with E-state index in [2.05, 4.69) is 15.5 Å². The maximum atomic E-state index is 12.0. The van der Waals surface area contributed by atoms with Crippen LogP contribution >= 0.6 is 11.3 Å². The Labute approximate surface area is 104 Å². The van der Waals surface area contributed by atoms with E-state index in [9.17, 15) is 4.79 Å². The monoisotopic (exact) mass is 256 g/mol. The van der Waals surface area contributed by atoms with E-state index < -0.39 is 0 Å². The molecule has 1 aromatic rings. The molecule has 1 N–H and O–H groups in total. The molecule has 2 heterocycles. The first-order valence-corrected chi connectivity index (χ1v) is 6.52. The highest BCUT2D eigenvalue weighted by Crippen LogP contribution is 2.19. The van der Waals surface area contributed by atoms with Gasteiger partial charge in [-0.2, -0.15) is 0 Å². The Balaban J connectivity index is 1.96. The Morgan fingerprint density at radius 2 is 2.59 bits per heavy atom. The lowest BCUT2D eigenvalue weighted by molar-refractivity contribution is 0.0878. The fourth-order valence-electron chi connectivity index (χ4n) is 2.02. The number of carbonyl (C=O) groups is 1. The van der Waals surface area contributed by atoms with Crippen molar-refractivity contribution >= 4 is 22.5 Å². The maximum absolute atomic E-state index is 12.0. The van der Waals surface area contributed by atoms with Crippen molar-refractivity contribution in [1.82, 2.24) is 15.1 Å². The first kappa shape index (κ1) is 12.3. The number of aromatic nitrogens is 2. The molecule has 94 valence electrons. The molecule has 6 nitrogen and oxygen atoms in total. The molecule has 0 bridgehead atoms. The van der Waals surface area contributed by atoms with Gasteiger partial charge >= 0.3 is 6.03 Å². The highest BCUT2D eigenvalue weighted by atomic mass is 32.1. The van der Waals surface area contributed by atoms with E-state index in [0.29, 0.717) is 11.7 Å². The minimum atomic E-state index is -0.108. The molecule has 2 amide bonds. The highest BCUT2D eigenvalue weighted by Gasteiger charge is 2.26. The number of hydrogen-bond donors (Lipinski definition) is 1. The molecule has 0 unspecified atom stereocenters. The number of anilines is 1. The zero-order chi connectivity index (χ0) is 12.1. The van der Waals surface area contributed by atoms with Gasteiger partial charge in [-0.05, 0) is 19.3 Å². The second-order valence-electron chi connectivity index (χ2n) is 3.97. The van der Waals surface area contributed by atoms with Gasteiger partial charge in [0.1, 0.15) is 5.51 Å². The fourth-order valence-corrected chi connectivity index (χ4v) is 2.46. The normalized spacial score (nSPS) is 20.3. The van der Waals surface area contributed by atoms with E-state index in [1.54, 1.807) is 12.6 Å². The zero-order valence-electron chi connectivity index (χ0n) is 9.76. The van der Waals surface area contributed by atoms with E-state index in [4.69, 9.17) is 4.74 Å². The maximum Gasteiger partial charge on any atom is 0.324 e. The molecule has 1 fully saturated rings. The lowest BCUT2D eigenvalue weighted by atomic mass is 10.0. The van der Waals surface area contributed by atoms with Crippen LogP contribution in [0.5, 0.6) is 0 Å². The molecule has 1 saturated heterocycles. The van der Waals surface area contributed by atoms with Gasteiger partial charge in [-0.3, -0.25) is 5.32 Å². The molecule has 0 aliphatic carbocycles. The Morgan fingerprint density at radius 1 is 1.71 bits per heavy atom. The number of piperidine rings is 1. The number of nitrogens with zero attached hydrogens (tertiary/aromatic N) is 3. The van der Waals surface area contributed by atoms with Gasteiger partial charge in [-0.15, -0.1) is 10.2 Å². The number of ether oxygens (including phenoxy) is 1. The largest absolute Gasteiger partial charge is 0.383 e. The molecule has 7 heteroatoms. The van der Waals surface area contributed by atoms with Gasteiger partial charge in [0.05, 0.1) is 12.6 Å². The molecule has 0 radical (unpaired) electrons. The summed E-state index contributed by atoms with van der Waals surface area (Å²) in [5, 5.41) is 10.8. The van der Waals surface area contributed by atoms with Gasteiger partial charge in [0.15, 0.2) is 0 Å². The summed E-state index contributed by atoms with van der Waals surface area (Å²) in [4.78, 5) is 13.9. The van der Waals surface area contributed by atoms with Crippen LogP contribution in [0.3, 0.4) is 0 Å². The predicted molar refractivity (Wildman–Crippen MR) is 65.1 cm³/mol. The molecule has 1 atom stereocenters. The Kier molecular flexibility index (Phi) is 4.27. The van der Waals surface area contributed by atoms with Crippen LogP contribution in [0.1, 0.15) is 19.3 Å². The predicted octanol–water partition coefficient (Wildman–Crippen LogP) is 1.57. The average molecular weight is 256 g/mol. The van der Waals surface area contributed by atoms with E-state index in [1.807, 2.05) is 4.90 Å². The van der Waals surface area contributed by atoms with Crippen molar-refractivity contribution in [2.45, 2.75) is 25.3 Å². The first-order valence-electron chi connectivity index (χ1n) is 5.64. The topological polar surface area (TPSA) is 67.3 Å². The summed E-state index contributed by atoms with van der Waals surface area (Å²) in [5.74, 6) is 0. The summed E-state index contributed by atoms with van der Waals surface area (Å²) in [6.45, 7) is 1.36. The molecule has 1 aliphatic heterocycles. The van der Waals surface area contributed by atoms with Gasteiger partial charge < -0.3 is 9.64 Å². The van der Waals surface area contributed by atoms with Crippen LogP contribution in [-0.4, -0.2) is 47.4 Å². The Hall–Kier alpha value is -1.21. The molecule has 1 aliphatic rings. The minimum absolute atomic E-state index is 0.108. The van der Waals surface area contributed by atoms with Gasteiger partial charge in [-0.1, -0.05) is 11.3 Å². The number of hydrogen-bond acceptors (Lipinski definition) is 5. The Morgan fingerprint density at radius 3 is 3.29 bits per heavy atom. The number of carbonyl (C=O) groups excluding carboxylic acids is 1. The second kappa shape index (κ2) is 5.92. The van der Waals surface area contributed by atoms with Gasteiger partial charge in [0.25, 0.3) is 0 Å². The number of rotatable bonds is 3. The van der Waals surface area contributed by atoms with Crippen LogP contribution in [0.2, 0.25) is 0 Å². The van der Waals surface area contributed by atoms with E-state index >= 15 is 0 Å². The van der Waals surface area contributed by atoms with Crippen LogP contribution < -0.4 is 5.32 Å². The molecule has 1 aromatic heterocycles. The summed E-state index contributed by atoms with van der Waals surface area (Å²) < 4.78 is 5.15. The zero-order valence-corrected chi connectivity index (χ0v) is 10.6. The van der Waals surface area contributed by atoms with Gasteiger partial charge in [0.2, 0.25) is 5.13 Å². The quantitative estimate of drug-likeness (QED) is 0.891. The van der Waals surface area contributed by atoms with Crippen LogP contribution in [0.15, 0.2) is 5.51 Å². The number of amides is 2. The SMILES string of the molecule is COC[C@@H]1CCCCN1C(=O)Nc1nncs1. The van der Waals surface area contributed by atoms with E-state index in [1.165, 1.54) is 11.3 Å². The van der Waals surface area contributed by atoms with Crippen LogP contribution in [0, 0.1) is 0 Å². The number of nitrogens with one attached hydrogen (secondary N) is 1. The van der Waals surface area contributed by atoms with Crippen LogP contribution in [-0.2, 0) is 4.74 Å². The molecule has 2 rings (SSSR count). The molecule has 17 heavy (non-hydrogen) atoms. The molecular weight excluding hydrogens is 240 g/mol. The molecular formula is C10H16N4O2S. The minimum Gasteiger partial charge on any atom is -0.383 e. The second-order valence-corrected chi connectivity index (χ2v) is 4.81. The van der Waals surface area contributed by atoms with Crippen molar-refractivity contribution in [3.63, 3.8) is 0 Å². The molecule has 0 aromatic carbocycles. The first-order chi connectivity index (χ1) is 8.31. The van der Waals surface area contributed by atoms with Gasteiger partial charge in [-0.25, -0.2) is 4.79 Å². The van der Waals surface area contributed by atoms with Crippen molar-refractivity contribution in [1.29, 1.82) is 0 Å². The average Bonchev–Trinajstić information content (AvgIpc) is 2.83. The lowest BCUT2D eigenvalue weighted by Crippen LogP contribution is -2.47. The summed E-state index contributed by atoms with van der Waals surface area (Å²) in [6.07, 6.45) is 3.19. The van der Waals surface area contributed by atoms with Crippen molar-refractivity contribution in [2.75, 3.05) is 25.6 Å². The van der Waals surface area contributed by atoms with E-state index in [0.717, 1.165) is 25.8 Å². The van der Waals surface area contributed by atoms with Gasteiger partial charge in [0, 0.05) is 13.7 Å². The standard InChI is InChI=1S/C10H16N4O2S/c1-16-6-8-4-2-3-5-14(8)10(15)12-9-13-11-7-17-9/h7-8H,2-6H2,1H3,(H,12,13,15)/t8-/m0/s1. The van der Waals surface area contributed by atoms with Crippen molar-refractivity contribution in [3.8, 4) is 0 Å². The number of methoxy groups -OCH3 is 1. The number of likely N-dealkylation sites (tertiary alicyclic amines) is 1.